The summed E-state index contributed by atoms with van der Waals surface area (Å²) in [6.45, 7) is -0.123. The monoisotopic (exact) mass is 592 g/mol. The fraction of sp³-hybridized carbons (Fsp3) is 0.176. The summed E-state index contributed by atoms with van der Waals surface area (Å²) in [6, 6.07) is 30.6. The standard InChI is InChI=1S/C34H32N4O6/c39-30(22-13-5-1-6-14-22)35-21-26-27(36-31(40)23-15-7-2-8-16-23)28(37-32(41)24-17-9-3-10-18-24)29(34(43)44-26)38-33(42)25-19-11-4-12-20-25/h1-20,26-29,34,43H,21H2,(H,35,39)(H,36,40)(H,37,41)(H,38,42)/t26-,27-,28+,29-,34+/m1/s1. The fourth-order valence-corrected chi connectivity index (χ4v) is 5.04. The number of nitrogens with one attached hydrogen (secondary N) is 4. The molecule has 44 heavy (non-hydrogen) atoms. The molecule has 1 aliphatic heterocycles. The third-order valence-electron chi connectivity index (χ3n) is 7.30. The molecule has 224 valence electrons. The molecule has 0 spiro atoms. The highest BCUT2D eigenvalue weighted by molar-refractivity contribution is 5.97. The summed E-state index contributed by atoms with van der Waals surface area (Å²) < 4.78 is 5.95. The van der Waals surface area contributed by atoms with Crippen LogP contribution >= 0.6 is 0 Å². The van der Waals surface area contributed by atoms with Crippen molar-refractivity contribution in [1.82, 2.24) is 21.3 Å². The molecule has 0 aromatic heterocycles. The molecule has 1 fully saturated rings. The topological polar surface area (TPSA) is 146 Å². The molecule has 0 unspecified atom stereocenters. The molecule has 4 aromatic rings. The third-order valence-corrected chi connectivity index (χ3v) is 7.30. The summed E-state index contributed by atoms with van der Waals surface area (Å²) in [5.74, 6) is -1.86. The van der Waals surface area contributed by atoms with Gasteiger partial charge in [0.05, 0.1) is 12.1 Å². The van der Waals surface area contributed by atoms with Crippen molar-refractivity contribution in [3.63, 3.8) is 0 Å². The Balaban J connectivity index is 1.48. The Morgan fingerprint density at radius 3 is 1.25 bits per heavy atom. The lowest BCUT2D eigenvalue weighted by atomic mass is 9.90. The van der Waals surface area contributed by atoms with Crippen LogP contribution in [0.15, 0.2) is 121 Å². The van der Waals surface area contributed by atoms with Crippen molar-refractivity contribution >= 4 is 23.6 Å². The Labute approximate surface area is 254 Å². The van der Waals surface area contributed by atoms with Gasteiger partial charge in [0.1, 0.15) is 12.1 Å². The number of benzene rings is 4. The van der Waals surface area contributed by atoms with Gasteiger partial charge in [0.15, 0.2) is 6.29 Å². The summed E-state index contributed by atoms with van der Waals surface area (Å²) in [5, 5.41) is 22.6. The maximum absolute atomic E-state index is 13.5. The van der Waals surface area contributed by atoms with Crippen LogP contribution in [0, 0.1) is 0 Å². The van der Waals surface area contributed by atoms with E-state index < -0.39 is 48.2 Å². The van der Waals surface area contributed by atoms with Crippen LogP contribution in [0.2, 0.25) is 0 Å². The highest BCUT2D eigenvalue weighted by atomic mass is 16.6. The van der Waals surface area contributed by atoms with E-state index in [0.717, 1.165) is 0 Å². The second-order valence-corrected chi connectivity index (χ2v) is 10.2. The molecular weight excluding hydrogens is 560 g/mol. The molecular formula is C34H32N4O6. The number of aliphatic hydroxyl groups is 1. The number of carbonyl (C=O) groups is 4. The molecule has 4 aromatic carbocycles. The van der Waals surface area contributed by atoms with Crippen LogP contribution in [0.25, 0.3) is 0 Å². The predicted octanol–water partition coefficient (Wildman–Crippen LogP) is 2.53. The summed E-state index contributed by atoms with van der Waals surface area (Å²) >= 11 is 0. The first kappa shape index (κ1) is 30.1. The lowest BCUT2D eigenvalue weighted by Crippen LogP contribution is -2.73. The van der Waals surface area contributed by atoms with Crippen molar-refractivity contribution in [3.8, 4) is 0 Å². The number of amides is 4. The largest absolute Gasteiger partial charge is 0.366 e. The molecule has 0 saturated carbocycles. The van der Waals surface area contributed by atoms with Crippen molar-refractivity contribution < 1.29 is 29.0 Å². The lowest BCUT2D eigenvalue weighted by molar-refractivity contribution is -0.190. The van der Waals surface area contributed by atoms with Gasteiger partial charge in [-0.3, -0.25) is 19.2 Å². The van der Waals surface area contributed by atoms with Gasteiger partial charge in [0.2, 0.25) is 0 Å². The SMILES string of the molecule is O=C(NC[C@H]1O[C@H](O)[C@H](NC(=O)c2ccccc2)[C@@H](NC(=O)c2ccccc2)[C@@H]1NC(=O)c1ccccc1)c1ccccc1. The van der Waals surface area contributed by atoms with Crippen LogP contribution in [0.1, 0.15) is 41.4 Å². The van der Waals surface area contributed by atoms with Crippen molar-refractivity contribution in [2.45, 2.75) is 30.5 Å². The van der Waals surface area contributed by atoms with Gasteiger partial charge in [-0.05, 0) is 48.5 Å². The Bertz CT molecular complexity index is 1570. The predicted molar refractivity (Wildman–Crippen MR) is 163 cm³/mol. The highest BCUT2D eigenvalue weighted by Gasteiger charge is 2.47. The zero-order valence-corrected chi connectivity index (χ0v) is 23.6. The van der Waals surface area contributed by atoms with Crippen LogP contribution in [0.3, 0.4) is 0 Å². The minimum Gasteiger partial charge on any atom is -0.366 e. The van der Waals surface area contributed by atoms with Crippen molar-refractivity contribution in [3.05, 3.63) is 144 Å². The minimum atomic E-state index is -1.60. The molecule has 1 aliphatic rings. The number of hydrogen-bond donors (Lipinski definition) is 5. The maximum Gasteiger partial charge on any atom is 0.251 e. The average molecular weight is 593 g/mol. The Hall–Kier alpha value is -5.32. The van der Waals surface area contributed by atoms with Crippen molar-refractivity contribution in [2.24, 2.45) is 0 Å². The van der Waals surface area contributed by atoms with Crippen molar-refractivity contribution in [2.75, 3.05) is 6.54 Å². The second-order valence-electron chi connectivity index (χ2n) is 10.2. The summed E-state index contributed by atoms with van der Waals surface area (Å²) in [7, 11) is 0. The van der Waals surface area contributed by atoms with E-state index in [4.69, 9.17) is 4.74 Å². The van der Waals surface area contributed by atoms with E-state index in [-0.39, 0.29) is 12.5 Å². The first-order valence-corrected chi connectivity index (χ1v) is 14.1. The zero-order chi connectivity index (χ0) is 30.9. The normalized spacial score (nSPS) is 21.0. The molecule has 1 saturated heterocycles. The second kappa shape index (κ2) is 14.2. The van der Waals surface area contributed by atoms with Gasteiger partial charge >= 0.3 is 0 Å². The minimum absolute atomic E-state index is 0.123. The number of aliphatic hydroxyl groups excluding tert-OH is 1. The molecule has 5 N–H and O–H groups in total. The van der Waals surface area contributed by atoms with Crippen LogP contribution in [-0.4, -0.2) is 65.8 Å². The molecule has 1 heterocycles. The quantitative estimate of drug-likeness (QED) is 0.202. The van der Waals surface area contributed by atoms with Gasteiger partial charge in [-0.1, -0.05) is 72.8 Å². The van der Waals surface area contributed by atoms with Gasteiger partial charge in [0, 0.05) is 28.8 Å². The first-order valence-electron chi connectivity index (χ1n) is 14.1. The van der Waals surface area contributed by atoms with E-state index in [1.165, 1.54) is 0 Å². The molecule has 0 radical (unpaired) electrons. The fourth-order valence-electron chi connectivity index (χ4n) is 5.04. The third kappa shape index (κ3) is 7.35. The summed E-state index contributed by atoms with van der Waals surface area (Å²) in [6.07, 6.45) is -2.61. The van der Waals surface area contributed by atoms with Crippen LogP contribution < -0.4 is 21.3 Å². The molecule has 0 bridgehead atoms. The van der Waals surface area contributed by atoms with Crippen molar-refractivity contribution in [1.29, 1.82) is 0 Å². The number of rotatable bonds is 9. The average Bonchev–Trinajstić information content (AvgIpc) is 3.07. The smallest absolute Gasteiger partial charge is 0.251 e. The van der Waals surface area contributed by atoms with E-state index >= 15 is 0 Å². The molecule has 10 heteroatoms. The Morgan fingerprint density at radius 2 is 0.841 bits per heavy atom. The summed E-state index contributed by atoms with van der Waals surface area (Å²) in [4.78, 5) is 53.0. The van der Waals surface area contributed by atoms with Crippen LogP contribution in [-0.2, 0) is 4.74 Å². The van der Waals surface area contributed by atoms with E-state index in [9.17, 15) is 24.3 Å². The lowest BCUT2D eigenvalue weighted by Gasteiger charge is -2.46. The molecule has 10 nitrogen and oxygen atoms in total. The van der Waals surface area contributed by atoms with Gasteiger partial charge in [0.25, 0.3) is 23.6 Å². The van der Waals surface area contributed by atoms with Crippen LogP contribution in [0.4, 0.5) is 0 Å². The van der Waals surface area contributed by atoms with E-state index in [0.29, 0.717) is 22.3 Å². The first-order chi connectivity index (χ1) is 21.4. The van der Waals surface area contributed by atoms with E-state index in [2.05, 4.69) is 21.3 Å². The molecule has 5 rings (SSSR count). The number of hydrogen-bond acceptors (Lipinski definition) is 6. The molecule has 5 atom stereocenters. The number of ether oxygens (including phenoxy) is 1. The molecule has 0 aliphatic carbocycles. The van der Waals surface area contributed by atoms with Gasteiger partial charge in [-0.2, -0.15) is 0 Å². The van der Waals surface area contributed by atoms with Gasteiger partial charge in [-0.25, -0.2) is 0 Å². The molecule has 4 amide bonds. The Morgan fingerprint density at radius 1 is 0.500 bits per heavy atom. The number of carbonyl (C=O) groups excluding carboxylic acids is 4. The zero-order valence-electron chi connectivity index (χ0n) is 23.6. The maximum atomic E-state index is 13.5. The van der Waals surface area contributed by atoms with Crippen LogP contribution in [0.5, 0.6) is 0 Å². The van der Waals surface area contributed by atoms with E-state index in [1.54, 1.807) is 121 Å². The Kier molecular flexibility index (Phi) is 9.75. The summed E-state index contributed by atoms with van der Waals surface area (Å²) in [5.41, 5.74) is 1.43. The van der Waals surface area contributed by atoms with Gasteiger partial charge < -0.3 is 31.1 Å². The van der Waals surface area contributed by atoms with E-state index in [1.807, 2.05) is 0 Å². The van der Waals surface area contributed by atoms with Gasteiger partial charge in [-0.15, -0.1) is 0 Å². The highest BCUT2D eigenvalue weighted by Crippen LogP contribution is 2.22.